The van der Waals surface area contributed by atoms with Crippen LogP contribution in [0.5, 0.6) is 0 Å². The maximum absolute atomic E-state index is 3.56. The van der Waals surface area contributed by atoms with Crippen LogP contribution < -0.4 is 5.32 Å². The molecule has 1 rings (SSSR count). The number of nitrogens with one attached hydrogen (secondary N) is 1. The molecule has 1 N–H and O–H groups in total. The van der Waals surface area contributed by atoms with Crippen molar-refractivity contribution in [2.24, 2.45) is 5.41 Å². The zero-order valence-electron chi connectivity index (χ0n) is 7.27. The van der Waals surface area contributed by atoms with Crippen LogP contribution in [0.25, 0.3) is 0 Å². The van der Waals surface area contributed by atoms with Crippen molar-refractivity contribution in [2.45, 2.75) is 39.1 Å². The molecule has 10 heavy (non-hydrogen) atoms. The van der Waals surface area contributed by atoms with Gasteiger partial charge in [-0.05, 0) is 12.3 Å². The van der Waals surface area contributed by atoms with E-state index >= 15 is 0 Å². The van der Waals surface area contributed by atoms with E-state index in [0.29, 0.717) is 16.8 Å². The van der Waals surface area contributed by atoms with E-state index in [1.54, 1.807) is 0 Å². The first kappa shape index (κ1) is 8.41. The molecule has 0 aromatic rings. The minimum atomic E-state index is 0.428. The average molecular weight is 159 g/mol. The first-order valence-corrected chi connectivity index (χ1v) is 4.92. The largest absolute Gasteiger partial charge is 0.301 e. The molecule has 0 amide bonds. The van der Waals surface area contributed by atoms with Crippen LogP contribution in [-0.4, -0.2) is 17.2 Å². The fraction of sp³-hybridized carbons (Fsp3) is 1.00. The van der Waals surface area contributed by atoms with Gasteiger partial charge in [-0.25, -0.2) is 0 Å². The third-order valence-electron chi connectivity index (χ3n) is 1.99. The van der Waals surface area contributed by atoms with Crippen molar-refractivity contribution in [3.63, 3.8) is 0 Å². The topological polar surface area (TPSA) is 12.0 Å². The Balaban J connectivity index is 2.45. The lowest BCUT2D eigenvalue weighted by Crippen LogP contribution is -2.39. The number of rotatable bonds is 0. The predicted molar refractivity (Wildman–Crippen MR) is 48.3 cm³/mol. The van der Waals surface area contributed by atoms with Gasteiger partial charge >= 0.3 is 0 Å². The van der Waals surface area contributed by atoms with Gasteiger partial charge in [0.25, 0.3) is 0 Å². The van der Waals surface area contributed by atoms with Crippen molar-refractivity contribution in [1.29, 1.82) is 0 Å². The zero-order chi connectivity index (χ0) is 7.78. The molecule has 0 aliphatic carbocycles. The lowest BCUT2D eigenvalue weighted by atomic mass is 9.88. The molecule has 2 atom stereocenters. The highest BCUT2D eigenvalue weighted by atomic mass is 32.2. The Kier molecular flexibility index (Phi) is 2.31. The first-order valence-electron chi connectivity index (χ1n) is 3.88. The Morgan fingerprint density at radius 1 is 1.40 bits per heavy atom. The van der Waals surface area contributed by atoms with Gasteiger partial charge < -0.3 is 5.32 Å². The Morgan fingerprint density at radius 2 is 2.00 bits per heavy atom. The molecule has 1 aliphatic rings. The maximum Gasteiger partial charge on any atom is 0.0506 e. The second-order valence-electron chi connectivity index (χ2n) is 4.06. The van der Waals surface area contributed by atoms with Gasteiger partial charge in [-0.3, -0.25) is 0 Å². The number of hydrogen-bond acceptors (Lipinski definition) is 2. The molecule has 2 heteroatoms. The summed E-state index contributed by atoms with van der Waals surface area (Å²) in [4.78, 5) is 0. The number of thioether (sulfide) groups is 1. The molecule has 1 nitrogen and oxygen atoms in total. The van der Waals surface area contributed by atoms with E-state index in [0.717, 1.165) is 0 Å². The van der Waals surface area contributed by atoms with E-state index in [1.807, 2.05) is 11.8 Å². The van der Waals surface area contributed by atoms with E-state index in [2.05, 4.69) is 33.0 Å². The molecule has 60 valence electrons. The van der Waals surface area contributed by atoms with Crippen LogP contribution in [0.15, 0.2) is 0 Å². The average Bonchev–Trinajstić information content (AvgIpc) is 2.11. The van der Waals surface area contributed by atoms with Crippen LogP contribution in [0.4, 0.5) is 0 Å². The predicted octanol–water partition coefficient (Wildman–Crippen LogP) is 2.08. The summed E-state index contributed by atoms with van der Waals surface area (Å²) in [6, 6.07) is 0.701. The summed E-state index contributed by atoms with van der Waals surface area (Å²) in [5, 5.41) is 4.21. The van der Waals surface area contributed by atoms with Crippen LogP contribution in [0.3, 0.4) is 0 Å². The second-order valence-corrected chi connectivity index (χ2v) is 5.43. The second kappa shape index (κ2) is 2.74. The summed E-state index contributed by atoms with van der Waals surface area (Å²) in [5.41, 5.74) is 0.428. The highest BCUT2D eigenvalue weighted by Crippen LogP contribution is 2.29. The molecule has 0 aromatic carbocycles. The van der Waals surface area contributed by atoms with Crippen molar-refractivity contribution in [3.8, 4) is 0 Å². The molecule has 0 aromatic heterocycles. The highest BCUT2D eigenvalue weighted by Gasteiger charge is 2.30. The third-order valence-corrected chi connectivity index (χ3v) is 3.16. The summed E-state index contributed by atoms with van der Waals surface area (Å²) in [6.45, 7) is 9.12. The molecule has 0 saturated carbocycles. The van der Waals surface area contributed by atoms with Crippen molar-refractivity contribution < 1.29 is 0 Å². The molecule has 0 bridgehead atoms. The van der Waals surface area contributed by atoms with E-state index in [4.69, 9.17) is 0 Å². The van der Waals surface area contributed by atoms with Crippen molar-refractivity contribution in [3.05, 3.63) is 0 Å². The lowest BCUT2D eigenvalue weighted by Gasteiger charge is -2.26. The Morgan fingerprint density at radius 3 is 2.20 bits per heavy atom. The van der Waals surface area contributed by atoms with Crippen molar-refractivity contribution in [1.82, 2.24) is 5.32 Å². The Hall–Kier alpha value is 0.310. The fourth-order valence-electron chi connectivity index (χ4n) is 1.12. The van der Waals surface area contributed by atoms with Gasteiger partial charge in [0.2, 0.25) is 0 Å². The maximum atomic E-state index is 3.56. The molecule has 2 unspecified atom stereocenters. The van der Waals surface area contributed by atoms with Gasteiger partial charge in [-0.15, -0.1) is 11.8 Å². The van der Waals surface area contributed by atoms with E-state index in [9.17, 15) is 0 Å². The van der Waals surface area contributed by atoms with Gasteiger partial charge in [0.15, 0.2) is 0 Å². The molecular formula is C8H17NS. The molecule has 0 radical (unpaired) electrons. The van der Waals surface area contributed by atoms with Gasteiger partial charge in [-0.1, -0.05) is 20.8 Å². The fourth-order valence-corrected chi connectivity index (χ4v) is 2.46. The molecule has 1 fully saturated rings. The van der Waals surface area contributed by atoms with Crippen LogP contribution in [-0.2, 0) is 0 Å². The van der Waals surface area contributed by atoms with Crippen molar-refractivity contribution >= 4 is 11.8 Å². The van der Waals surface area contributed by atoms with Crippen molar-refractivity contribution in [2.75, 3.05) is 5.75 Å². The van der Waals surface area contributed by atoms with Gasteiger partial charge in [0, 0.05) is 11.8 Å². The monoisotopic (exact) mass is 159 g/mol. The summed E-state index contributed by atoms with van der Waals surface area (Å²) in [6.07, 6.45) is 0. The Bertz CT molecular complexity index is 117. The van der Waals surface area contributed by atoms with Crippen LogP contribution in [0, 0.1) is 5.41 Å². The molecule has 1 saturated heterocycles. The summed E-state index contributed by atoms with van der Waals surface area (Å²) < 4.78 is 0. The molecule has 0 spiro atoms. The highest BCUT2D eigenvalue weighted by molar-refractivity contribution is 8.00. The zero-order valence-corrected chi connectivity index (χ0v) is 8.09. The lowest BCUT2D eigenvalue weighted by molar-refractivity contribution is 0.300. The normalized spacial score (nSPS) is 34.8. The number of hydrogen-bond donors (Lipinski definition) is 1. The molecular weight excluding hydrogens is 142 g/mol. The smallest absolute Gasteiger partial charge is 0.0506 e. The van der Waals surface area contributed by atoms with Crippen LogP contribution >= 0.6 is 11.8 Å². The van der Waals surface area contributed by atoms with Gasteiger partial charge in [0.1, 0.15) is 0 Å². The van der Waals surface area contributed by atoms with Gasteiger partial charge in [-0.2, -0.15) is 0 Å². The summed E-state index contributed by atoms with van der Waals surface area (Å²) in [5.74, 6) is 1.27. The minimum Gasteiger partial charge on any atom is -0.301 e. The Labute approximate surface area is 68.0 Å². The van der Waals surface area contributed by atoms with Crippen LogP contribution in [0.2, 0.25) is 0 Å². The third kappa shape index (κ3) is 1.89. The summed E-state index contributed by atoms with van der Waals surface area (Å²) in [7, 11) is 0. The molecule has 1 aliphatic heterocycles. The molecule has 1 heterocycles. The van der Waals surface area contributed by atoms with E-state index in [-0.39, 0.29) is 0 Å². The standard InChI is InChI=1S/C8H17NS/c1-6-9-7(5-10-6)8(2,3)4/h6-7,9H,5H2,1-4H3. The van der Waals surface area contributed by atoms with E-state index < -0.39 is 0 Å². The SMILES string of the molecule is CC1NC(C(C)(C)C)CS1. The quantitative estimate of drug-likeness (QED) is 0.581. The minimum absolute atomic E-state index is 0.428. The summed E-state index contributed by atoms with van der Waals surface area (Å²) >= 11 is 2.02. The van der Waals surface area contributed by atoms with Gasteiger partial charge in [0.05, 0.1) is 5.37 Å². The van der Waals surface area contributed by atoms with Crippen LogP contribution in [0.1, 0.15) is 27.7 Å². The van der Waals surface area contributed by atoms with E-state index in [1.165, 1.54) is 5.75 Å². The first-order chi connectivity index (χ1) is 4.50.